The Morgan fingerprint density at radius 1 is 1.42 bits per heavy atom. The predicted molar refractivity (Wildman–Crippen MR) is 63.0 cm³/mol. The molecule has 1 unspecified atom stereocenters. The molecule has 1 aromatic carbocycles. The Kier molecular flexibility index (Phi) is 4.59. The van der Waals surface area contributed by atoms with Gasteiger partial charge in [-0.2, -0.15) is 4.31 Å². The molecule has 1 atom stereocenters. The maximum Gasteiger partial charge on any atom is 0.307 e. The molecule has 5 nitrogen and oxygen atoms in total. The molecule has 0 aromatic heterocycles. The zero-order chi connectivity index (χ0) is 14.8. The van der Waals surface area contributed by atoms with Crippen LogP contribution in [0.15, 0.2) is 23.1 Å². The molecule has 0 fully saturated rings. The molecule has 8 heteroatoms. The summed E-state index contributed by atoms with van der Waals surface area (Å²) < 4.78 is 50.9. The summed E-state index contributed by atoms with van der Waals surface area (Å²) in [7, 11) is -3.05. The van der Waals surface area contributed by atoms with E-state index >= 15 is 0 Å². The fraction of sp³-hybridized carbons (Fsp3) is 0.364. The van der Waals surface area contributed by atoms with Gasteiger partial charge in [-0.05, 0) is 12.1 Å². The van der Waals surface area contributed by atoms with Crippen molar-refractivity contribution < 1.29 is 27.1 Å². The van der Waals surface area contributed by atoms with Crippen molar-refractivity contribution in [2.45, 2.75) is 11.8 Å². The molecule has 0 heterocycles. The molecule has 0 radical (unpaired) electrons. The van der Waals surface area contributed by atoms with Gasteiger partial charge in [0, 0.05) is 19.7 Å². The summed E-state index contributed by atoms with van der Waals surface area (Å²) >= 11 is 0. The van der Waals surface area contributed by atoms with Gasteiger partial charge in [0.2, 0.25) is 10.0 Å². The van der Waals surface area contributed by atoms with Gasteiger partial charge in [0.1, 0.15) is 16.5 Å². The molecule has 0 aliphatic carbocycles. The molecule has 106 valence electrons. The molecule has 0 aliphatic heterocycles. The first-order valence-corrected chi connectivity index (χ1v) is 6.74. The van der Waals surface area contributed by atoms with Crippen molar-refractivity contribution in [3.63, 3.8) is 0 Å². The highest BCUT2D eigenvalue weighted by Gasteiger charge is 2.27. The summed E-state index contributed by atoms with van der Waals surface area (Å²) in [5.74, 6) is -4.21. The number of carboxylic acid groups (broad SMARTS) is 1. The molecule has 0 amide bonds. The number of nitrogens with zero attached hydrogens (tertiary/aromatic N) is 1. The van der Waals surface area contributed by atoms with Crippen LogP contribution in [0.1, 0.15) is 6.92 Å². The summed E-state index contributed by atoms with van der Waals surface area (Å²) in [6.07, 6.45) is 0. The first kappa shape index (κ1) is 15.5. The van der Waals surface area contributed by atoms with E-state index in [0.717, 1.165) is 23.5 Å². The number of carboxylic acids is 1. The van der Waals surface area contributed by atoms with Gasteiger partial charge in [-0.3, -0.25) is 4.79 Å². The third-order valence-corrected chi connectivity index (χ3v) is 4.39. The van der Waals surface area contributed by atoms with E-state index in [4.69, 9.17) is 5.11 Å². The maximum absolute atomic E-state index is 13.4. The van der Waals surface area contributed by atoms with Crippen molar-refractivity contribution in [1.29, 1.82) is 0 Å². The number of carbonyl (C=O) groups is 1. The molecule has 0 spiro atoms. The Labute approximate surface area is 109 Å². The van der Waals surface area contributed by atoms with E-state index in [9.17, 15) is 22.0 Å². The Hall–Kier alpha value is -1.54. The van der Waals surface area contributed by atoms with Crippen molar-refractivity contribution in [3.8, 4) is 0 Å². The predicted octanol–water partition coefficient (Wildman–Crippen LogP) is 1.31. The lowest BCUT2D eigenvalue weighted by atomic mass is 10.2. The molecule has 0 saturated heterocycles. The van der Waals surface area contributed by atoms with Crippen LogP contribution in [0.3, 0.4) is 0 Å². The summed E-state index contributed by atoms with van der Waals surface area (Å²) in [4.78, 5) is 9.98. The molecule has 0 aliphatic rings. The summed E-state index contributed by atoms with van der Waals surface area (Å²) in [5, 5.41) is 8.71. The molecule has 0 saturated carbocycles. The van der Waals surface area contributed by atoms with Crippen LogP contribution in [0.2, 0.25) is 0 Å². The lowest BCUT2D eigenvalue weighted by Gasteiger charge is -2.19. The van der Waals surface area contributed by atoms with Crippen LogP contribution in [-0.2, 0) is 14.8 Å². The second-order valence-electron chi connectivity index (χ2n) is 4.10. The van der Waals surface area contributed by atoms with Gasteiger partial charge in [0.25, 0.3) is 0 Å². The number of halogens is 2. The second kappa shape index (κ2) is 5.62. The van der Waals surface area contributed by atoms with Crippen molar-refractivity contribution >= 4 is 16.0 Å². The van der Waals surface area contributed by atoms with E-state index in [-0.39, 0.29) is 6.54 Å². The minimum atomic E-state index is -4.19. The molecular formula is C11H13F2NO4S. The van der Waals surface area contributed by atoms with Crippen LogP contribution < -0.4 is 0 Å². The zero-order valence-corrected chi connectivity index (χ0v) is 11.1. The van der Waals surface area contributed by atoms with Gasteiger partial charge in [0.05, 0.1) is 5.92 Å². The van der Waals surface area contributed by atoms with E-state index in [1.54, 1.807) is 0 Å². The molecule has 0 bridgehead atoms. The molecule has 19 heavy (non-hydrogen) atoms. The summed E-state index contributed by atoms with van der Waals surface area (Å²) in [6, 6.07) is 2.09. The minimum Gasteiger partial charge on any atom is -0.481 e. The number of aliphatic carboxylic acids is 1. The topological polar surface area (TPSA) is 74.7 Å². The van der Waals surface area contributed by atoms with E-state index < -0.39 is 38.4 Å². The van der Waals surface area contributed by atoms with E-state index in [1.165, 1.54) is 6.92 Å². The van der Waals surface area contributed by atoms with Crippen molar-refractivity contribution in [2.75, 3.05) is 13.6 Å². The van der Waals surface area contributed by atoms with Crippen molar-refractivity contribution in [3.05, 3.63) is 29.8 Å². The van der Waals surface area contributed by atoms with Crippen LogP contribution in [0.5, 0.6) is 0 Å². The molecule has 1 N–H and O–H groups in total. The highest BCUT2D eigenvalue weighted by molar-refractivity contribution is 7.89. The molecule has 1 rings (SSSR count). The number of hydrogen-bond donors (Lipinski definition) is 1. The smallest absolute Gasteiger partial charge is 0.307 e. The average Bonchev–Trinajstić information content (AvgIpc) is 2.27. The third kappa shape index (κ3) is 3.48. The highest BCUT2D eigenvalue weighted by Crippen LogP contribution is 2.19. The fourth-order valence-electron chi connectivity index (χ4n) is 1.41. The van der Waals surface area contributed by atoms with E-state index in [1.807, 2.05) is 0 Å². The standard InChI is InChI=1S/C11H13F2NO4S/c1-7(11(15)16)6-14(2)19(17,18)10-4-3-8(12)5-9(10)13/h3-5,7H,6H2,1-2H3,(H,15,16). The van der Waals surface area contributed by atoms with Gasteiger partial charge in [-0.15, -0.1) is 0 Å². The van der Waals surface area contributed by atoms with Gasteiger partial charge < -0.3 is 5.11 Å². The first-order chi connectivity index (χ1) is 8.66. The van der Waals surface area contributed by atoms with Gasteiger partial charge in [-0.1, -0.05) is 6.92 Å². The quantitative estimate of drug-likeness (QED) is 0.888. The van der Waals surface area contributed by atoms with Crippen LogP contribution >= 0.6 is 0 Å². The van der Waals surface area contributed by atoms with Gasteiger partial charge in [-0.25, -0.2) is 17.2 Å². The third-order valence-electron chi connectivity index (χ3n) is 2.53. The molecule has 1 aromatic rings. The number of benzene rings is 1. The lowest BCUT2D eigenvalue weighted by molar-refractivity contribution is -0.141. The van der Waals surface area contributed by atoms with Crippen LogP contribution in [0.25, 0.3) is 0 Å². The maximum atomic E-state index is 13.4. The highest BCUT2D eigenvalue weighted by atomic mass is 32.2. The van der Waals surface area contributed by atoms with Gasteiger partial charge in [0.15, 0.2) is 0 Å². The van der Waals surface area contributed by atoms with E-state index in [0.29, 0.717) is 6.07 Å². The SMILES string of the molecule is CC(CN(C)S(=O)(=O)c1ccc(F)cc1F)C(=O)O. The fourth-order valence-corrected chi connectivity index (χ4v) is 2.72. The van der Waals surface area contributed by atoms with Crippen LogP contribution in [0.4, 0.5) is 8.78 Å². The Bertz CT molecular complexity index is 588. The second-order valence-corrected chi connectivity index (χ2v) is 6.11. The monoisotopic (exact) mass is 293 g/mol. The molecular weight excluding hydrogens is 280 g/mol. The van der Waals surface area contributed by atoms with Crippen molar-refractivity contribution in [1.82, 2.24) is 4.31 Å². The summed E-state index contributed by atoms with van der Waals surface area (Å²) in [6.45, 7) is 1.02. The number of sulfonamides is 1. The van der Waals surface area contributed by atoms with Crippen LogP contribution in [0, 0.1) is 17.6 Å². The first-order valence-electron chi connectivity index (χ1n) is 5.30. The summed E-state index contributed by atoms with van der Waals surface area (Å²) in [5.41, 5.74) is 0. The number of rotatable bonds is 5. The van der Waals surface area contributed by atoms with E-state index in [2.05, 4.69) is 0 Å². The minimum absolute atomic E-state index is 0.311. The Morgan fingerprint density at radius 2 is 2.00 bits per heavy atom. The van der Waals surface area contributed by atoms with Gasteiger partial charge >= 0.3 is 5.97 Å². The Balaban J connectivity index is 3.06. The Morgan fingerprint density at radius 3 is 2.47 bits per heavy atom. The average molecular weight is 293 g/mol. The lowest BCUT2D eigenvalue weighted by Crippen LogP contribution is -2.34. The zero-order valence-electron chi connectivity index (χ0n) is 10.3. The van der Waals surface area contributed by atoms with Crippen LogP contribution in [-0.4, -0.2) is 37.4 Å². The van der Waals surface area contributed by atoms with Crippen molar-refractivity contribution in [2.24, 2.45) is 5.92 Å². The normalized spacial score (nSPS) is 13.5. The largest absolute Gasteiger partial charge is 0.481 e. The number of hydrogen-bond acceptors (Lipinski definition) is 3.